The minimum absolute atomic E-state index is 0.408. The fourth-order valence-electron chi connectivity index (χ4n) is 1.88. The zero-order valence-electron chi connectivity index (χ0n) is 9.70. The lowest BCUT2D eigenvalue weighted by molar-refractivity contribution is -0.160. The summed E-state index contributed by atoms with van der Waals surface area (Å²) in [6, 6.07) is 8.06. The predicted molar refractivity (Wildman–Crippen MR) is 61.1 cm³/mol. The zero-order chi connectivity index (χ0) is 12.6. The Bertz CT molecular complexity index is 444. The third kappa shape index (κ3) is 1.78. The van der Waals surface area contributed by atoms with E-state index in [1.807, 2.05) is 18.2 Å². The summed E-state index contributed by atoms with van der Waals surface area (Å²) in [6.07, 6.45) is -1.12. The molecule has 1 aromatic rings. The second-order valence-corrected chi connectivity index (χ2v) is 4.19. The number of carbonyl (C=O) groups is 2. The van der Waals surface area contributed by atoms with E-state index >= 15 is 0 Å². The Hall–Kier alpha value is -1.88. The fourth-order valence-corrected chi connectivity index (χ4v) is 1.88. The van der Waals surface area contributed by atoms with Gasteiger partial charge >= 0.3 is 6.03 Å². The van der Waals surface area contributed by atoms with Crippen molar-refractivity contribution < 1.29 is 14.7 Å². The van der Waals surface area contributed by atoms with Crippen LogP contribution in [0, 0.1) is 0 Å². The number of hydrogen-bond donors (Lipinski definition) is 1. The van der Waals surface area contributed by atoms with Gasteiger partial charge in [-0.1, -0.05) is 30.3 Å². The minimum Gasteiger partial charge on any atom is -0.381 e. The molecule has 1 N–H and O–H groups in total. The Morgan fingerprint density at radius 1 is 1.29 bits per heavy atom. The first kappa shape index (κ1) is 11.6. The smallest absolute Gasteiger partial charge is 0.326 e. The Kier molecular flexibility index (Phi) is 2.85. The molecule has 0 radical (unpaired) electrons. The normalized spacial score (nSPS) is 23.2. The highest BCUT2D eigenvalue weighted by Gasteiger charge is 2.51. The first-order valence-corrected chi connectivity index (χ1v) is 5.31. The van der Waals surface area contributed by atoms with Crippen LogP contribution >= 0.6 is 0 Å². The van der Waals surface area contributed by atoms with Gasteiger partial charge in [-0.2, -0.15) is 0 Å². The van der Waals surface area contributed by atoms with E-state index < -0.39 is 24.1 Å². The van der Waals surface area contributed by atoms with Crippen LogP contribution in [0.15, 0.2) is 30.3 Å². The lowest BCUT2D eigenvalue weighted by atomic mass is 9.91. The number of amides is 3. The molecule has 3 amide bonds. The van der Waals surface area contributed by atoms with Gasteiger partial charge in [-0.3, -0.25) is 9.69 Å². The van der Waals surface area contributed by atoms with Gasteiger partial charge in [0, 0.05) is 14.1 Å². The molecule has 0 spiro atoms. The van der Waals surface area contributed by atoms with Gasteiger partial charge in [0.2, 0.25) is 0 Å². The van der Waals surface area contributed by atoms with E-state index in [1.165, 1.54) is 4.90 Å². The molecule has 0 saturated carbocycles. The average molecular weight is 234 g/mol. The van der Waals surface area contributed by atoms with E-state index in [1.54, 1.807) is 26.2 Å². The molecule has 90 valence electrons. The maximum absolute atomic E-state index is 11.8. The summed E-state index contributed by atoms with van der Waals surface area (Å²) in [5, 5.41) is 9.67. The Labute approximate surface area is 99.3 Å². The minimum atomic E-state index is -1.12. The van der Waals surface area contributed by atoms with E-state index in [4.69, 9.17) is 0 Å². The van der Waals surface area contributed by atoms with Gasteiger partial charge in [0.15, 0.2) is 6.10 Å². The van der Waals surface area contributed by atoms with Gasteiger partial charge < -0.3 is 10.0 Å². The van der Waals surface area contributed by atoms with Crippen molar-refractivity contribution in [2.45, 2.75) is 12.1 Å². The maximum Gasteiger partial charge on any atom is 0.326 e. The molecule has 1 aliphatic rings. The molecule has 0 aliphatic carbocycles. The van der Waals surface area contributed by atoms with E-state index in [9.17, 15) is 14.7 Å². The molecule has 1 saturated heterocycles. The van der Waals surface area contributed by atoms with Gasteiger partial charge in [0.25, 0.3) is 5.91 Å². The molecule has 5 heteroatoms. The largest absolute Gasteiger partial charge is 0.381 e. The van der Waals surface area contributed by atoms with Crippen molar-refractivity contribution in [1.82, 2.24) is 9.80 Å². The van der Waals surface area contributed by atoms with E-state index in [0.717, 1.165) is 10.5 Å². The van der Waals surface area contributed by atoms with Crippen molar-refractivity contribution >= 4 is 11.9 Å². The summed E-state index contributed by atoms with van der Waals surface area (Å²) < 4.78 is 0. The lowest BCUT2D eigenvalue weighted by Gasteiger charge is -2.43. The molecule has 0 bridgehead atoms. The third-order valence-corrected chi connectivity index (χ3v) is 2.80. The SMILES string of the molecule is CN(C)C(=O)N1C(=O)C(O)C1c1ccccc1. The van der Waals surface area contributed by atoms with Crippen molar-refractivity contribution in [2.75, 3.05) is 14.1 Å². The molecule has 1 aromatic carbocycles. The van der Waals surface area contributed by atoms with Crippen LogP contribution in [0.25, 0.3) is 0 Å². The molecule has 5 nitrogen and oxygen atoms in total. The van der Waals surface area contributed by atoms with Gasteiger partial charge in [-0.25, -0.2) is 4.79 Å². The first-order valence-electron chi connectivity index (χ1n) is 5.31. The Morgan fingerprint density at radius 2 is 1.88 bits per heavy atom. The molecule has 17 heavy (non-hydrogen) atoms. The Balaban J connectivity index is 2.28. The second kappa shape index (κ2) is 4.18. The van der Waals surface area contributed by atoms with Crippen molar-refractivity contribution in [3.05, 3.63) is 35.9 Å². The number of carbonyl (C=O) groups excluding carboxylic acids is 2. The number of likely N-dealkylation sites (tertiary alicyclic amines) is 1. The topological polar surface area (TPSA) is 60.9 Å². The maximum atomic E-state index is 11.8. The van der Waals surface area contributed by atoms with Crippen LogP contribution < -0.4 is 0 Å². The highest BCUT2D eigenvalue weighted by Crippen LogP contribution is 2.35. The van der Waals surface area contributed by atoms with Crippen LogP contribution in [-0.4, -0.2) is 47.0 Å². The number of aliphatic hydroxyl groups is 1. The molecule has 2 atom stereocenters. The second-order valence-electron chi connectivity index (χ2n) is 4.19. The van der Waals surface area contributed by atoms with E-state index in [2.05, 4.69) is 0 Å². The average Bonchev–Trinajstić information content (AvgIpc) is 2.34. The van der Waals surface area contributed by atoms with Crippen LogP contribution in [0.1, 0.15) is 11.6 Å². The molecule has 1 heterocycles. The fraction of sp³-hybridized carbons (Fsp3) is 0.333. The van der Waals surface area contributed by atoms with Crippen LogP contribution in [-0.2, 0) is 4.79 Å². The molecule has 2 unspecified atom stereocenters. The molecule has 1 fully saturated rings. The first-order chi connectivity index (χ1) is 8.04. The molecule has 1 aliphatic heterocycles. The lowest BCUT2D eigenvalue weighted by Crippen LogP contribution is -2.62. The Morgan fingerprint density at radius 3 is 2.41 bits per heavy atom. The summed E-state index contributed by atoms with van der Waals surface area (Å²) in [5.41, 5.74) is 0.759. The summed E-state index contributed by atoms with van der Waals surface area (Å²) in [5.74, 6) is -0.544. The summed E-state index contributed by atoms with van der Waals surface area (Å²) >= 11 is 0. The number of aliphatic hydroxyl groups excluding tert-OH is 1. The molecule has 0 aromatic heterocycles. The van der Waals surface area contributed by atoms with Gasteiger partial charge in [0.1, 0.15) is 6.04 Å². The van der Waals surface area contributed by atoms with Crippen LogP contribution in [0.4, 0.5) is 4.79 Å². The van der Waals surface area contributed by atoms with Crippen molar-refractivity contribution in [1.29, 1.82) is 0 Å². The number of β-lactam (4-membered cyclic amide) rings is 1. The number of imide groups is 1. The highest BCUT2D eigenvalue weighted by atomic mass is 16.3. The predicted octanol–water partition coefficient (Wildman–Crippen LogP) is 0.612. The number of hydrogen-bond acceptors (Lipinski definition) is 3. The zero-order valence-corrected chi connectivity index (χ0v) is 9.70. The standard InChI is InChI=1S/C12H14N2O3/c1-13(2)12(17)14-9(10(15)11(14)16)8-6-4-3-5-7-8/h3-7,9-10,15H,1-2H3. The number of nitrogens with zero attached hydrogens (tertiary/aromatic N) is 2. The summed E-state index contributed by atoms with van der Waals surface area (Å²) in [4.78, 5) is 25.7. The van der Waals surface area contributed by atoms with E-state index in [0.29, 0.717) is 0 Å². The summed E-state index contributed by atoms with van der Waals surface area (Å²) in [7, 11) is 3.14. The van der Waals surface area contributed by atoms with Gasteiger partial charge in [-0.15, -0.1) is 0 Å². The van der Waals surface area contributed by atoms with E-state index in [-0.39, 0.29) is 0 Å². The number of benzene rings is 1. The van der Waals surface area contributed by atoms with Crippen LogP contribution in [0.5, 0.6) is 0 Å². The summed E-state index contributed by atoms with van der Waals surface area (Å²) in [6.45, 7) is 0. The van der Waals surface area contributed by atoms with Crippen molar-refractivity contribution in [2.24, 2.45) is 0 Å². The van der Waals surface area contributed by atoms with Gasteiger partial charge in [-0.05, 0) is 5.56 Å². The highest BCUT2D eigenvalue weighted by molar-refractivity contribution is 6.02. The molecular weight excluding hydrogens is 220 g/mol. The molecular formula is C12H14N2O3. The monoisotopic (exact) mass is 234 g/mol. The van der Waals surface area contributed by atoms with Gasteiger partial charge in [0.05, 0.1) is 0 Å². The van der Waals surface area contributed by atoms with Crippen molar-refractivity contribution in [3.8, 4) is 0 Å². The number of urea groups is 1. The quantitative estimate of drug-likeness (QED) is 0.724. The van der Waals surface area contributed by atoms with Crippen LogP contribution in [0.3, 0.4) is 0 Å². The van der Waals surface area contributed by atoms with Crippen LogP contribution in [0.2, 0.25) is 0 Å². The number of rotatable bonds is 1. The molecule has 2 rings (SSSR count). The van der Waals surface area contributed by atoms with Crippen molar-refractivity contribution in [3.63, 3.8) is 0 Å². The third-order valence-electron chi connectivity index (χ3n) is 2.80.